The summed E-state index contributed by atoms with van der Waals surface area (Å²) < 4.78 is 10.7. The third-order valence-corrected chi connectivity index (χ3v) is 5.86. The molecule has 4 N–H and O–H groups in total. The van der Waals surface area contributed by atoms with Crippen molar-refractivity contribution < 1.29 is 14.3 Å². The standard InChI is InChI=1S/C25H29N7O3/c1-15(20-5-4-16(25(33)27-2)7-22(20)34-3)10-28-23-8-21(30-14-31-23)18-6-17(9-26)24(29-11-18)32-19-12-35-13-19/h4-9,11,14-15,19,26H,10,12-13H2,1-3H3,(H,27,33)(H,29,32)(H,28,30,31). The molecule has 2 aromatic heterocycles. The Bertz CT molecular complexity index is 1210. The molecule has 1 amide bonds. The Morgan fingerprint density at radius 1 is 1.26 bits per heavy atom. The lowest BCUT2D eigenvalue weighted by molar-refractivity contribution is 0.0209. The van der Waals surface area contributed by atoms with Crippen LogP contribution in [0.25, 0.3) is 11.3 Å². The molecule has 3 heterocycles. The Balaban J connectivity index is 1.46. The number of carbonyl (C=O) groups is 1. The molecule has 1 unspecified atom stereocenters. The second-order valence-corrected chi connectivity index (χ2v) is 8.29. The zero-order valence-electron chi connectivity index (χ0n) is 20.0. The van der Waals surface area contributed by atoms with Crippen molar-refractivity contribution in [1.82, 2.24) is 20.3 Å². The molecule has 0 saturated carbocycles. The van der Waals surface area contributed by atoms with Gasteiger partial charge in [0, 0.05) is 54.7 Å². The van der Waals surface area contributed by atoms with Crippen molar-refractivity contribution in [2.75, 3.05) is 44.5 Å². The molecule has 1 fully saturated rings. The molecule has 182 valence electrons. The van der Waals surface area contributed by atoms with Crippen molar-refractivity contribution >= 4 is 23.8 Å². The van der Waals surface area contributed by atoms with Gasteiger partial charge in [-0.15, -0.1) is 0 Å². The number of benzene rings is 1. The van der Waals surface area contributed by atoms with Crippen LogP contribution < -0.4 is 20.7 Å². The predicted molar refractivity (Wildman–Crippen MR) is 135 cm³/mol. The summed E-state index contributed by atoms with van der Waals surface area (Å²) in [5.41, 5.74) is 3.72. The summed E-state index contributed by atoms with van der Waals surface area (Å²) in [6, 6.07) is 9.42. The van der Waals surface area contributed by atoms with Crippen LogP contribution in [-0.4, -0.2) is 67.0 Å². The zero-order chi connectivity index (χ0) is 24.8. The molecule has 1 aromatic carbocycles. The van der Waals surface area contributed by atoms with Gasteiger partial charge >= 0.3 is 0 Å². The maximum absolute atomic E-state index is 11.9. The lowest BCUT2D eigenvalue weighted by atomic mass is 9.98. The molecule has 0 spiro atoms. The highest BCUT2D eigenvalue weighted by molar-refractivity contribution is 5.94. The molecule has 0 radical (unpaired) electrons. The number of aromatic nitrogens is 3. The van der Waals surface area contributed by atoms with Crippen molar-refractivity contribution in [1.29, 1.82) is 5.41 Å². The Morgan fingerprint density at radius 3 is 2.77 bits per heavy atom. The normalized spacial score (nSPS) is 13.9. The summed E-state index contributed by atoms with van der Waals surface area (Å²) in [6.07, 6.45) is 4.52. The summed E-state index contributed by atoms with van der Waals surface area (Å²) in [4.78, 5) is 25.1. The summed E-state index contributed by atoms with van der Waals surface area (Å²) >= 11 is 0. The van der Waals surface area contributed by atoms with E-state index in [1.54, 1.807) is 32.5 Å². The van der Waals surface area contributed by atoms with E-state index in [4.69, 9.17) is 14.9 Å². The molecule has 35 heavy (non-hydrogen) atoms. The van der Waals surface area contributed by atoms with Gasteiger partial charge in [-0.25, -0.2) is 15.0 Å². The molecule has 0 aliphatic carbocycles. The number of carbonyl (C=O) groups excluding carboxylic acids is 1. The van der Waals surface area contributed by atoms with Crippen LogP contribution in [0.5, 0.6) is 5.75 Å². The highest BCUT2D eigenvalue weighted by Gasteiger charge is 2.20. The molecule has 1 aliphatic rings. The second kappa shape index (κ2) is 10.9. The predicted octanol–water partition coefficient (Wildman–Crippen LogP) is 2.93. The molecule has 4 rings (SSSR count). The molecular formula is C25H29N7O3. The van der Waals surface area contributed by atoms with Gasteiger partial charge in [0.15, 0.2) is 0 Å². The van der Waals surface area contributed by atoms with Crippen molar-refractivity contribution in [2.24, 2.45) is 0 Å². The number of hydrogen-bond acceptors (Lipinski definition) is 9. The van der Waals surface area contributed by atoms with Gasteiger partial charge in [-0.2, -0.15) is 0 Å². The Hall–Kier alpha value is -4.05. The topological polar surface area (TPSA) is 134 Å². The van der Waals surface area contributed by atoms with Crippen molar-refractivity contribution in [3.63, 3.8) is 0 Å². The number of ether oxygens (including phenoxy) is 2. The van der Waals surface area contributed by atoms with Crippen molar-refractivity contribution in [3.05, 3.63) is 59.5 Å². The van der Waals surface area contributed by atoms with Crippen LogP contribution in [0.3, 0.4) is 0 Å². The summed E-state index contributed by atoms with van der Waals surface area (Å²) in [7, 11) is 3.20. The van der Waals surface area contributed by atoms with Gasteiger partial charge in [-0.3, -0.25) is 4.79 Å². The van der Waals surface area contributed by atoms with E-state index in [2.05, 4.69) is 37.8 Å². The smallest absolute Gasteiger partial charge is 0.251 e. The molecule has 10 heteroatoms. The lowest BCUT2D eigenvalue weighted by Crippen LogP contribution is -2.40. The highest BCUT2D eigenvalue weighted by Crippen LogP contribution is 2.29. The first-order valence-electron chi connectivity index (χ1n) is 11.3. The van der Waals surface area contributed by atoms with Gasteiger partial charge in [0.25, 0.3) is 5.91 Å². The van der Waals surface area contributed by atoms with E-state index in [9.17, 15) is 4.79 Å². The van der Waals surface area contributed by atoms with Gasteiger partial charge < -0.3 is 30.8 Å². The lowest BCUT2D eigenvalue weighted by Gasteiger charge is -2.27. The maximum atomic E-state index is 11.9. The van der Waals surface area contributed by atoms with Crippen LogP contribution in [0.4, 0.5) is 11.6 Å². The zero-order valence-corrected chi connectivity index (χ0v) is 20.0. The van der Waals surface area contributed by atoms with Crippen LogP contribution in [0.1, 0.15) is 34.3 Å². The quantitative estimate of drug-likeness (QED) is 0.329. The average Bonchev–Trinajstić information content (AvgIpc) is 2.88. The molecule has 1 atom stereocenters. The van der Waals surface area contributed by atoms with Gasteiger partial charge in [0.1, 0.15) is 23.7 Å². The first-order chi connectivity index (χ1) is 17.0. The summed E-state index contributed by atoms with van der Waals surface area (Å²) in [5, 5.41) is 17.0. The molecule has 3 aromatic rings. The highest BCUT2D eigenvalue weighted by atomic mass is 16.5. The van der Waals surface area contributed by atoms with Crippen LogP contribution in [0.2, 0.25) is 0 Å². The van der Waals surface area contributed by atoms with E-state index >= 15 is 0 Å². The van der Waals surface area contributed by atoms with Crippen LogP contribution in [-0.2, 0) is 4.74 Å². The Labute approximate surface area is 204 Å². The molecular weight excluding hydrogens is 446 g/mol. The van der Waals surface area contributed by atoms with E-state index in [1.165, 1.54) is 12.5 Å². The number of hydrogen-bond donors (Lipinski definition) is 4. The van der Waals surface area contributed by atoms with Gasteiger partial charge in [-0.05, 0) is 23.8 Å². The van der Waals surface area contributed by atoms with Crippen molar-refractivity contribution in [2.45, 2.75) is 18.9 Å². The van der Waals surface area contributed by atoms with E-state index < -0.39 is 0 Å². The van der Waals surface area contributed by atoms with E-state index in [-0.39, 0.29) is 17.9 Å². The fourth-order valence-electron chi connectivity index (χ4n) is 3.75. The number of nitrogens with zero attached hydrogens (tertiary/aromatic N) is 3. The number of amides is 1. The largest absolute Gasteiger partial charge is 0.496 e. The SMILES string of the molecule is CNC(=O)c1ccc(C(C)CNc2cc(-c3cnc(NC4COC4)c(C=N)c3)ncn2)c(OC)c1. The van der Waals surface area contributed by atoms with Gasteiger partial charge in [0.05, 0.1) is 32.1 Å². The third kappa shape index (κ3) is 5.55. The third-order valence-electron chi connectivity index (χ3n) is 5.86. The van der Waals surface area contributed by atoms with E-state index in [0.29, 0.717) is 54.0 Å². The number of nitrogens with one attached hydrogen (secondary N) is 4. The Kier molecular flexibility index (Phi) is 7.51. The van der Waals surface area contributed by atoms with Crippen molar-refractivity contribution in [3.8, 4) is 17.0 Å². The first kappa shape index (κ1) is 24.1. The van der Waals surface area contributed by atoms with Gasteiger partial charge in [0.2, 0.25) is 0 Å². The minimum atomic E-state index is -0.157. The van der Waals surface area contributed by atoms with Crippen LogP contribution in [0, 0.1) is 5.41 Å². The fraction of sp³-hybridized carbons (Fsp3) is 0.320. The minimum absolute atomic E-state index is 0.0918. The minimum Gasteiger partial charge on any atom is -0.496 e. The number of anilines is 2. The summed E-state index contributed by atoms with van der Waals surface area (Å²) in [6.45, 7) is 3.96. The molecule has 10 nitrogen and oxygen atoms in total. The van der Waals surface area contributed by atoms with E-state index in [0.717, 1.165) is 11.1 Å². The van der Waals surface area contributed by atoms with Crippen LogP contribution >= 0.6 is 0 Å². The molecule has 0 bridgehead atoms. The molecule has 1 aliphatic heterocycles. The monoisotopic (exact) mass is 475 g/mol. The fourth-order valence-corrected chi connectivity index (χ4v) is 3.75. The first-order valence-corrected chi connectivity index (χ1v) is 11.3. The summed E-state index contributed by atoms with van der Waals surface area (Å²) in [5.74, 6) is 1.93. The number of rotatable bonds is 10. The second-order valence-electron chi connectivity index (χ2n) is 8.29. The number of methoxy groups -OCH3 is 1. The van der Waals surface area contributed by atoms with Gasteiger partial charge in [-0.1, -0.05) is 13.0 Å². The average molecular weight is 476 g/mol. The number of pyridine rings is 1. The molecule has 1 saturated heterocycles. The van der Waals surface area contributed by atoms with E-state index in [1.807, 2.05) is 18.2 Å². The van der Waals surface area contributed by atoms with Crippen LogP contribution in [0.15, 0.2) is 42.9 Å². The Morgan fingerprint density at radius 2 is 2.09 bits per heavy atom. The maximum Gasteiger partial charge on any atom is 0.251 e.